The number of carbonyl (C=O) groups is 1. The first-order valence-corrected chi connectivity index (χ1v) is 10.7. The number of nitriles is 1. The Morgan fingerprint density at radius 2 is 1.94 bits per heavy atom. The van der Waals surface area contributed by atoms with Gasteiger partial charge in [-0.3, -0.25) is 14.0 Å². The summed E-state index contributed by atoms with van der Waals surface area (Å²) in [6.45, 7) is 2.06. The van der Waals surface area contributed by atoms with Gasteiger partial charge < -0.3 is 10.1 Å². The summed E-state index contributed by atoms with van der Waals surface area (Å²) in [7, 11) is 0. The predicted molar refractivity (Wildman–Crippen MR) is 130 cm³/mol. The number of nitrogens with one attached hydrogen (secondary N) is 1. The van der Waals surface area contributed by atoms with Crippen LogP contribution in [-0.4, -0.2) is 15.3 Å². The topological polar surface area (TPSA) is 96.5 Å². The minimum atomic E-state index is -0.614. The van der Waals surface area contributed by atoms with Crippen molar-refractivity contribution in [2.75, 3.05) is 0 Å². The molecular weight excluding hydrogens is 452 g/mol. The lowest BCUT2D eigenvalue weighted by atomic mass is 10.1. The lowest BCUT2D eigenvalue weighted by molar-refractivity contribution is -0.117. The van der Waals surface area contributed by atoms with Gasteiger partial charge in [-0.05, 0) is 54.5 Å². The molecule has 2 heterocycles. The molecular formula is C26H19ClN4O3. The number of carbonyl (C=O) groups excluding carboxylic acids is 1. The monoisotopic (exact) mass is 470 g/mol. The third-order valence-electron chi connectivity index (χ3n) is 5.03. The third-order valence-corrected chi connectivity index (χ3v) is 5.45. The van der Waals surface area contributed by atoms with Crippen LogP contribution < -0.4 is 15.6 Å². The molecule has 0 atom stereocenters. The van der Waals surface area contributed by atoms with Gasteiger partial charge in [-0.15, -0.1) is 0 Å². The van der Waals surface area contributed by atoms with Crippen LogP contribution in [0, 0.1) is 18.3 Å². The predicted octanol–water partition coefficient (Wildman–Crippen LogP) is 4.67. The summed E-state index contributed by atoms with van der Waals surface area (Å²) < 4.78 is 7.24. The number of benzene rings is 2. The molecule has 0 saturated carbocycles. The van der Waals surface area contributed by atoms with Gasteiger partial charge in [0, 0.05) is 17.8 Å². The highest BCUT2D eigenvalue weighted by Crippen LogP contribution is 2.27. The summed E-state index contributed by atoms with van der Waals surface area (Å²) in [6.07, 6.45) is 2.76. The van der Waals surface area contributed by atoms with E-state index in [1.54, 1.807) is 42.6 Å². The maximum atomic E-state index is 13.3. The van der Waals surface area contributed by atoms with E-state index in [0.717, 1.165) is 11.1 Å². The largest absolute Gasteiger partial charge is 0.438 e. The average Bonchev–Trinajstić information content (AvgIpc) is 2.85. The second-order valence-corrected chi connectivity index (χ2v) is 7.82. The van der Waals surface area contributed by atoms with E-state index in [2.05, 4.69) is 10.3 Å². The molecule has 1 amide bonds. The first kappa shape index (κ1) is 22.8. The fourth-order valence-electron chi connectivity index (χ4n) is 3.24. The number of nitrogens with zero attached hydrogens (tertiary/aromatic N) is 3. The molecule has 0 bridgehead atoms. The molecule has 4 aromatic rings. The van der Waals surface area contributed by atoms with E-state index in [1.165, 1.54) is 10.5 Å². The molecule has 8 heteroatoms. The number of hydrogen-bond donors (Lipinski definition) is 1. The lowest BCUT2D eigenvalue weighted by Crippen LogP contribution is -2.25. The van der Waals surface area contributed by atoms with Crippen molar-refractivity contribution in [3.8, 4) is 17.7 Å². The number of fused-ring (bicyclic) bond motifs is 1. The van der Waals surface area contributed by atoms with Crippen LogP contribution in [0.4, 0.5) is 0 Å². The van der Waals surface area contributed by atoms with Gasteiger partial charge in [0.25, 0.3) is 11.5 Å². The molecule has 0 spiro atoms. The van der Waals surface area contributed by atoms with Crippen molar-refractivity contribution in [3.63, 3.8) is 0 Å². The smallest absolute Gasteiger partial charge is 0.269 e. The van der Waals surface area contributed by atoms with E-state index in [9.17, 15) is 14.9 Å². The van der Waals surface area contributed by atoms with Crippen LogP contribution in [0.25, 0.3) is 11.7 Å². The Morgan fingerprint density at radius 1 is 1.18 bits per heavy atom. The number of halogens is 1. The van der Waals surface area contributed by atoms with Gasteiger partial charge in [-0.2, -0.15) is 10.2 Å². The normalized spacial score (nSPS) is 11.1. The fraction of sp³-hybridized carbons (Fsp3) is 0.0769. The van der Waals surface area contributed by atoms with E-state index < -0.39 is 11.5 Å². The maximum absolute atomic E-state index is 13.3. The molecule has 0 unspecified atom stereocenters. The molecule has 2 aromatic carbocycles. The van der Waals surface area contributed by atoms with Crippen LogP contribution in [0.1, 0.15) is 16.7 Å². The second-order valence-electron chi connectivity index (χ2n) is 7.42. The fourth-order valence-corrected chi connectivity index (χ4v) is 3.36. The molecule has 0 fully saturated rings. The van der Waals surface area contributed by atoms with E-state index in [0.29, 0.717) is 16.4 Å². The van der Waals surface area contributed by atoms with Crippen molar-refractivity contribution in [3.05, 3.63) is 111 Å². The molecule has 0 aliphatic carbocycles. The van der Waals surface area contributed by atoms with E-state index in [1.807, 2.05) is 43.3 Å². The minimum absolute atomic E-state index is 0.0253. The van der Waals surface area contributed by atoms with Crippen LogP contribution in [0.5, 0.6) is 11.6 Å². The Bertz CT molecular complexity index is 1500. The van der Waals surface area contributed by atoms with Gasteiger partial charge in [-0.1, -0.05) is 48.0 Å². The van der Waals surface area contributed by atoms with Crippen molar-refractivity contribution < 1.29 is 9.53 Å². The van der Waals surface area contributed by atoms with Crippen molar-refractivity contribution in [2.45, 2.75) is 13.5 Å². The first-order valence-electron chi connectivity index (χ1n) is 10.4. The minimum Gasteiger partial charge on any atom is -0.438 e. The van der Waals surface area contributed by atoms with Crippen molar-refractivity contribution in [1.29, 1.82) is 5.26 Å². The molecule has 34 heavy (non-hydrogen) atoms. The first-order chi connectivity index (χ1) is 16.5. The molecule has 0 aliphatic rings. The van der Waals surface area contributed by atoms with E-state index in [-0.39, 0.29) is 23.6 Å². The number of pyridine rings is 1. The Morgan fingerprint density at radius 3 is 2.68 bits per heavy atom. The van der Waals surface area contributed by atoms with Gasteiger partial charge in [-0.25, -0.2) is 0 Å². The summed E-state index contributed by atoms with van der Waals surface area (Å²) in [6, 6.07) is 21.3. The van der Waals surface area contributed by atoms with Crippen LogP contribution >= 0.6 is 11.6 Å². The summed E-state index contributed by atoms with van der Waals surface area (Å²) in [5.41, 5.74) is 1.27. The lowest BCUT2D eigenvalue weighted by Gasteiger charge is -2.11. The summed E-state index contributed by atoms with van der Waals surface area (Å²) >= 11 is 6.10. The molecule has 168 valence electrons. The molecule has 0 aliphatic heterocycles. The summed E-state index contributed by atoms with van der Waals surface area (Å²) in [5.74, 6) is -0.227. The standard InChI is InChI=1S/C26H19ClN4O3/c1-17-13-20(10-11-22(17)27)34-25-21(26(33)31-12-6-5-9-23(31)30-25)14-19(15-28)24(32)29-16-18-7-3-2-4-8-18/h2-14H,16H2,1H3,(H,29,32)/b19-14+. The zero-order valence-corrected chi connectivity index (χ0v) is 18.9. The average molecular weight is 471 g/mol. The molecule has 2 aromatic heterocycles. The SMILES string of the molecule is Cc1cc(Oc2nc3ccccn3c(=O)c2/C=C(\C#N)C(=O)NCc2ccccc2)ccc1Cl. The Hall–Kier alpha value is -4.41. The van der Waals surface area contributed by atoms with Gasteiger partial charge in [0.1, 0.15) is 28.6 Å². The van der Waals surface area contributed by atoms with E-state index >= 15 is 0 Å². The zero-order chi connectivity index (χ0) is 24.1. The number of amides is 1. The second kappa shape index (κ2) is 10.0. The highest BCUT2D eigenvalue weighted by atomic mass is 35.5. The Kier molecular flexibility index (Phi) is 6.72. The summed E-state index contributed by atoms with van der Waals surface area (Å²) in [4.78, 5) is 30.4. The van der Waals surface area contributed by atoms with Crippen LogP contribution in [-0.2, 0) is 11.3 Å². The molecule has 7 nitrogen and oxygen atoms in total. The van der Waals surface area contributed by atoms with Gasteiger partial charge in [0.15, 0.2) is 0 Å². The number of aryl methyl sites for hydroxylation is 1. The maximum Gasteiger partial charge on any atom is 0.269 e. The van der Waals surface area contributed by atoms with Gasteiger partial charge in [0.05, 0.1) is 0 Å². The van der Waals surface area contributed by atoms with E-state index in [4.69, 9.17) is 16.3 Å². The number of ether oxygens (including phenoxy) is 1. The Balaban J connectivity index is 1.75. The number of aromatic nitrogens is 2. The molecule has 0 saturated heterocycles. The quantitative estimate of drug-likeness (QED) is 0.326. The number of rotatable bonds is 6. The molecule has 4 rings (SSSR count). The van der Waals surface area contributed by atoms with Gasteiger partial charge >= 0.3 is 0 Å². The highest BCUT2D eigenvalue weighted by Gasteiger charge is 2.17. The van der Waals surface area contributed by atoms with Crippen LogP contribution in [0.2, 0.25) is 5.02 Å². The Labute approximate surface area is 200 Å². The van der Waals surface area contributed by atoms with Crippen LogP contribution in [0.15, 0.2) is 83.3 Å². The molecule has 1 N–H and O–H groups in total. The van der Waals surface area contributed by atoms with Crippen molar-refractivity contribution in [2.24, 2.45) is 0 Å². The van der Waals surface area contributed by atoms with Crippen LogP contribution in [0.3, 0.4) is 0 Å². The van der Waals surface area contributed by atoms with Gasteiger partial charge in [0.2, 0.25) is 5.88 Å². The highest BCUT2D eigenvalue weighted by molar-refractivity contribution is 6.31. The summed E-state index contributed by atoms with van der Waals surface area (Å²) in [5, 5.41) is 12.9. The number of hydrogen-bond acceptors (Lipinski definition) is 5. The molecule has 0 radical (unpaired) electrons. The zero-order valence-electron chi connectivity index (χ0n) is 18.2. The van der Waals surface area contributed by atoms with Crippen molar-refractivity contribution >= 4 is 29.2 Å². The van der Waals surface area contributed by atoms with Crippen molar-refractivity contribution in [1.82, 2.24) is 14.7 Å². The third kappa shape index (κ3) is 4.98.